The second-order valence-electron chi connectivity index (χ2n) is 8.60. The first kappa shape index (κ1) is 24.4. The van der Waals surface area contributed by atoms with E-state index in [2.05, 4.69) is 10.6 Å². The minimum atomic E-state index is -0.798. The highest BCUT2D eigenvalue weighted by Crippen LogP contribution is 2.10. The van der Waals surface area contributed by atoms with Gasteiger partial charge in [-0.1, -0.05) is 50.3 Å². The van der Waals surface area contributed by atoms with Gasteiger partial charge in [0, 0.05) is 12.5 Å². The van der Waals surface area contributed by atoms with Gasteiger partial charge in [0.1, 0.15) is 11.6 Å². The number of ether oxygens (including phenoxy) is 1. The van der Waals surface area contributed by atoms with Crippen molar-refractivity contribution in [3.8, 4) is 0 Å². The van der Waals surface area contributed by atoms with Gasteiger partial charge >= 0.3 is 6.09 Å². The molecule has 0 heterocycles. The number of ketones is 1. The number of amides is 2. The van der Waals surface area contributed by atoms with E-state index in [0.717, 1.165) is 5.56 Å². The Bertz CT molecular complexity index is 705. The lowest BCUT2D eigenvalue weighted by molar-refractivity contribution is -0.123. The van der Waals surface area contributed by atoms with Crippen LogP contribution < -0.4 is 10.6 Å². The van der Waals surface area contributed by atoms with Crippen molar-refractivity contribution in [3.05, 3.63) is 48.0 Å². The zero-order valence-corrected chi connectivity index (χ0v) is 18.3. The molecule has 0 radical (unpaired) electrons. The van der Waals surface area contributed by atoms with E-state index in [9.17, 15) is 14.4 Å². The summed E-state index contributed by atoms with van der Waals surface area (Å²) in [5.74, 6) is -0.0809. The Kier molecular flexibility index (Phi) is 9.59. The maximum Gasteiger partial charge on any atom is 0.408 e. The van der Waals surface area contributed by atoms with Gasteiger partial charge in [-0.25, -0.2) is 4.79 Å². The van der Waals surface area contributed by atoms with E-state index < -0.39 is 17.7 Å². The molecule has 0 aliphatic carbocycles. The second kappa shape index (κ2) is 11.4. The smallest absolute Gasteiger partial charge is 0.408 e. The molecule has 0 aliphatic rings. The monoisotopic (exact) mass is 402 g/mol. The molecule has 0 saturated carbocycles. The molecule has 1 rings (SSSR count). The van der Waals surface area contributed by atoms with Crippen LogP contribution in [0, 0.1) is 5.92 Å². The first-order valence-corrected chi connectivity index (χ1v) is 9.99. The van der Waals surface area contributed by atoms with Crippen LogP contribution in [0.1, 0.15) is 53.5 Å². The maximum absolute atomic E-state index is 13.0. The van der Waals surface area contributed by atoms with Crippen LogP contribution >= 0.6 is 0 Å². The number of alkyl carbamates (subject to hydrolysis) is 1. The Morgan fingerprint density at radius 3 is 2.21 bits per heavy atom. The number of hydrogen-bond donors (Lipinski definition) is 2. The van der Waals surface area contributed by atoms with Crippen LogP contribution in [0.15, 0.2) is 42.5 Å². The lowest BCUT2D eigenvalue weighted by atomic mass is 10.0. The molecule has 0 aromatic heterocycles. The minimum Gasteiger partial charge on any atom is -0.444 e. The number of allylic oxidation sites excluding steroid dienone is 1. The highest BCUT2D eigenvalue weighted by atomic mass is 16.6. The quantitative estimate of drug-likeness (QED) is 0.615. The first-order chi connectivity index (χ1) is 13.5. The van der Waals surface area contributed by atoms with E-state index in [4.69, 9.17) is 4.74 Å². The molecular weight excluding hydrogens is 368 g/mol. The van der Waals surface area contributed by atoms with Gasteiger partial charge in [0.05, 0.1) is 0 Å². The van der Waals surface area contributed by atoms with Gasteiger partial charge in [0.2, 0.25) is 5.91 Å². The van der Waals surface area contributed by atoms with E-state index >= 15 is 0 Å². The van der Waals surface area contributed by atoms with Gasteiger partial charge in [0.25, 0.3) is 0 Å². The molecular formula is C23H34N2O4. The fourth-order valence-corrected chi connectivity index (χ4v) is 2.74. The van der Waals surface area contributed by atoms with E-state index in [0.29, 0.717) is 18.8 Å². The summed E-state index contributed by atoms with van der Waals surface area (Å²) in [5.41, 5.74) is 0.255. The fourth-order valence-electron chi connectivity index (χ4n) is 2.74. The SMILES string of the molecule is CC(=O)/C=C/C(CC(C)C)NC(=O)C(Cc1ccccc1)NC(=O)OC(C)(C)C. The summed E-state index contributed by atoms with van der Waals surface area (Å²) >= 11 is 0. The molecule has 0 bridgehead atoms. The number of rotatable bonds is 9. The number of benzene rings is 1. The van der Waals surface area contributed by atoms with E-state index in [1.165, 1.54) is 13.0 Å². The molecule has 6 heteroatoms. The topological polar surface area (TPSA) is 84.5 Å². The van der Waals surface area contributed by atoms with Gasteiger partial charge < -0.3 is 15.4 Å². The van der Waals surface area contributed by atoms with Gasteiger partial charge in [-0.3, -0.25) is 9.59 Å². The summed E-state index contributed by atoms with van der Waals surface area (Å²) in [4.78, 5) is 36.6. The van der Waals surface area contributed by atoms with Gasteiger partial charge in [-0.15, -0.1) is 0 Å². The Labute approximate surface area is 174 Å². The third-order valence-electron chi connectivity index (χ3n) is 3.91. The number of nitrogens with one attached hydrogen (secondary N) is 2. The van der Waals surface area contributed by atoms with Crippen LogP contribution in [0.5, 0.6) is 0 Å². The predicted molar refractivity (Wildman–Crippen MR) is 115 cm³/mol. The zero-order valence-electron chi connectivity index (χ0n) is 18.3. The van der Waals surface area contributed by atoms with Crippen molar-refractivity contribution in [2.75, 3.05) is 0 Å². The molecule has 2 atom stereocenters. The second-order valence-corrected chi connectivity index (χ2v) is 8.60. The van der Waals surface area contributed by atoms with Crippen LogP contribution in [0.2, 0.25) is 0 Å². The summed E-state index contributed by atoms with van der Waals surface area (Å²) in [6, 6.07) is 8.36. The van der Waals surface area contributed by atoms with Crippen molar-refractivity contribution in [1.29, 1.82) is 0 Å². The van der Waals surface area contributed by atoms with Crippen molar-refractivity contribution in [3.63, 3.8) is 0 Å². The zero-order chi connectivity index (χ0) is 22.0. The summed E-state index contributed by atoms with van der Waals surface area (Å²) < 4.78 is 5.32. The van der Waals surface area contributed by atoms with Crippen molar-refractivity contribution < 1.29 is 19.1 Å². The maximum atomic E-state index is 13.0. The average Bonchev–Trinajstić information content (AvgIpc) is 2.57. The van der Waals surface area contributed by atoms with Crippen LogP contribution in [-0.2, 0) is 20.7 Å². The first-order valence-electron chi connectivity index (χ1n) is 9.99. The van der Waals surface area contributed by atoms with Crippen LogP contribution in [0.25, 0.3) is 0 Å². The molecule has 6 nitrogen and oxygen atoms in total. The highest BCUT2D eigenvalue weighted by Gasteiger charge is 2.26. The number of carbonyl (C=O) groups excluding carboxylic acids is 3. The highest BCUT2D eigenvalue weighted by molar-refractivity contribution is 5.88. The molecule has 160 valence electrons. The molecule has 0 saturated heterocycles. The van der Waals surface area contributed by atoms with Gasteiger partial charge in [0.15, 0.2) is 5.78 Å². The van der Waals surface area contributed by atoms with E-state index in [1.807, 2.05) is 44.2 Å². The Morgan fingerprint density at radius 2 is 1.69 bits per heavy atom. The Morgan fingerprint density at radius 1 is 1.07 bits per heavy atom. The molecule has 2 amide bonds. The molecule has 0 fully saturated rings. The van der Waals surface area contributed by atoms with Crippen molar-refractivity contribution >= 4 is 17.8 Å². The molecule has 0 aliphatic heterocycles. The molecule has 1 aromatic rings. The molecule has 0 spiro atoms. The molecule has 29 heavy (non-hydrogen) atoms. The number of carbonyl (C=O) groups is 3. The number of hydrogen-bond acceptors (Lipinski definition) is 4. The lowest BCUT2D eigenvalue weighted by Crippen LogP contribution is -2.51. The normalized spacial score (nSPS) is 13.8. The summed E-state index contributed by atoms with van der Waals surface area (Å²) in [7, 11) is 0. The average molecular weight is 403 g/mol. The third-order valence-corrected chi connectivity index (χ3v) is 3.91. The summed E-state index contributed by atoms with van der Waals surface area (Å²) in [5, 5.41) is 5.63. The molecule has 2 unspecified atom stereocenters. The van der Waals surface area contributed by atoms with Gasteiger partial charge in [-0.05, 0) is 51.7 Å². The minimum absolute atomic E-state index is 0.0827. The predicted octanol–water partition coefficient (Wildman–Crippen LogP) is 3.80. The standard InChI is InChI=1S/C23H34N2O4/c1-16(2)14-19(13-12-17(3)26)24-21(27)20(15-18-10-8-7-9-11-18)25-22(28)29-23(4,5)6/h7-13,16,19-20H,14-15H2,1-6H3,(H,24,27)(H,25,28)/b13-12+. The Balaban J connectivity index is 2.97. The van der Waals surface area contributed by atoms with Crippen molar-refractivity contribution in [2.45, 2.75) is 72.1 Å². The lowest BCUT2D eigenvalue weighted by Gasteiger charge is -2.25. The third kappa shape index (κ3) is 11.1. The van der Waals surface area contributed by atoms with Crippen LogP contribution in [-0.4, -0.2) is 35.5 Å². The van der Waals surface area contributed by atoms with E-state index in [1.54, 1.807) is 26.8 Å². The summed E-state index contributed by atoms with van der Waals surface area (Å²) in [6.07, 6.45) is 3.53. The van der Waals surface area contributed by atoms with Crippen molar-refractivity contribution in [2.24, 2.45) is 5.92 Å². The van der Waals surface area contributed by atoms with Crippen molar-refractivity contribution in [1.82, 2.24) is 10.6 Å². The van der Waals surface area contributed by atoms with E-state index in [-0.39, 0.29) is 17.7 Å². The van der Waals surface area contributed by atoms with Crippen LogP contribution in [0.4, 0.5) is 4.79 Å². The largest absolute Gasteiger partial charge is 0.444 e. The summed E-state index contributed by atoms with van der Waals surface area (Å²) in [6.45, 7) is 10.9. The van der Waals surface area contributed by atoms with Crippen LogP contribution in [0.3, 0.4) is 0 Å². The molecule has 1 aromatic carbocycles. The Hall–Kier alpha value is -2.63. The van der Waals surface area contributed by atoms with Gasteiger partial charge in [-0.2, -0.15) is 0 Å². The molecule has 2 N–H and O–H groups in total. The fraction of sp³-hybridized carbons (Fsp3) is 0.522.